The Morgan fingerprint density at radius 3 is 2.25 bits per heavy atom. The minimum absolute atomic E-state index is 0.207. The number of hydrogen-bond donors (Lipinski definition) is 0. The van der Waals surface area contributed by atoms with Gasteiger partial charge in [-0.25, -0.2) is 9.78 Å². The van der Waals surface area contributed by atoms with Crippen molar-refractivity contribution < 1.29 is 28.5 Å². The molecule has 0 bridgehead atoms. The average molecular weight is 492 g/mol. The van der Waals surface area contributed by atoms with Gasteiger partial charge < -0.3 is 18.9 Å². The van der Waals surface area contributed by atoms with Gasteiger partial charge in [-0.3, -0.25) is 4.79 Å². The van der Waals surface area contributed by atoms with Crippen LogP contribution in [-0.4, -0.2) is 41.7 Å². The second-order valence-electron chi connectivity index (χ2n) is 9.77. The molecule has 0 aliphatic heterocycles. The first-order chi connectivity index (χ1) is 17.0. The fourth-order valence-electron chi connectivity index (χ4n) is 3.29. The molecule has 0 spiro atoms. The molecule has 3 aromatic rings. The summed E-state index contributed by atoms with van der Waals surface area (Å²) in [6.07, 6.45) is 2.22. The Balaban J connectivity index is 1.75. The van der Waals surface area contributed by atoms with Gasteiger partial charge >= 0.3 is 5.97 Å². The van der Waals surface area contributed by atoms with Crippen molar-refractivity contribution in [2.45, 2.75) is 52.2 Å². The molecule has 1 heterocycles. The largest absolute Gasteiger partial charge is 0.497 e. The van der Waals surface area contributed by atoms with E-state index < -0.39 is 17.2 Å². The Labute approximate surface area is 212 Å². The molecule has 36 heavy (non-hydrogen) atoms. The van der Waals surface area contributed by atoms with E-state index in [-0.39, 0.29) is 17.1 Å². The lowest BCUT2D eigenvalue weighted by Gasteiger charge is -2.29. The van der Waals surface area contributed by atoms with Crippen LogP contribution in [0.15, 0.2) is 66.9 Å². The van der Waals surface area contributed by atoms with E-state index in [1.165, 1.54) is 18.9 Å². The van der Waals surface area contributed by atoms with Crippen molar-refractivity contribution in [3.63, 3.8) is 0 Å². The first-order valence-electron chi connectivity index (χ1n) is 11.8. The van der Waals surface area contributed by atoms with Gasteiger partial charge in [0.2, 0.25) is 5.88 Å². The van der Waals surface area contributed by atoms with Crippen molar-refractivity contribution in [1.82, 2.24) is 4.98 Å². The highest BCUT2D eigenvalue weighted by atomic mass is 16.6. The summed E-state index contributed by atoms with van der Waals surface area (Å²) >= 11 is 0. The lowest BCUT2D eigenvalue weighted by molar-refractivity contribution is -0.170. The van der Waals surface area contributed by atoms with Gasteiger partial charge in [0.1, 0.15) is 17.1 Å². The van der Waals surface area contributed by atoms with Gasteiger partial charge in [-0.1, -0.05) is 30.3 Å². The molecule has 1 aromatic heterocycles. The lowest BCUT2D eigenvalue weighted by Crippen LogP contribution is -2.43. The predicted octanol–water partition coefficient (Wildman–Crippen LogP) is 5.44. The molecular weight excluding hydrogens is 458 g/mol. The summed E-state index contributed by atoms with van der Waals surface area (Å²) in [6, 6.07) is 18.2. The number of ketones is 1. The summed E-state index contributed by atoms with van der Waals surface area (Å²) in [5.74, 6) is 0.269. The zero-order valence-corrected chi connectivity index (χ0v) is 21.7. The van der Waals surface area contributed by atoms with E-state index in [4.69, 9.17) is 18.9 Å². The molecule has 0 unspecified atom stereocenters. The molecule has 2 aromatic carbocycles. The Hall–Kier alpha value is -3.87. The third-order valence-corrected chi connectivity index (χ3v) is 5.17. The maximum Gasteiger partial charge on any atom is 0.350 e. The number of pyridine rings is 1. The molecule has 3 rings (SSSR count). The highest BCUT2D eigenvalue weighted by molar-refractivity contribution is 6.10. The summed E-state index contributed by atoms with van der Waals surface area (Å²) in [7, 11) is 1.51. The van der Waals surface area contributed by atoms with Gasteiger partial charge in [0, 0.05) is 30.3 Å². The molecule has 0 N–H and O–H groups in total. The first kappa shape index (κ1) is 26.7. The number of nitrogens with zero attached hydrogens (tertiary/aromatic N) is 1. The quantitative estimate of drug-likeness (QED) is 0.276. The first-order valence-corrected chi connectivity index (χ1v) is 11.8. The van der Waals surface area contributed by atoms with Crippen molar-refractivity contribution in [3.05, 3.63) is 83.6 Å². The number of hydrogen-bond acceptors (Lipinski definition) is 7. The fourth-order valence-corrected chi connectivity index (χ4v) is 3.29. The van der Waals surface area contributed by atoms with Gasteiger partial charge in [-0.2, -0.15) is 0 Å². The summed E-state index contributed by atoms with van der Waals surface area (Å²) in [4.78, 5) is 30.3. The van der Waals surface area contributed by atoms with Crippen LogP contribution in [0.2, 0.25) is 0 Å². The normalized spacial score (nSPS) is 11.5. The second kappa shape index (κ2) is 11.2. The van der Waals surface area contributed by atoms with Crippen molar-refractivity contribution in [3.8, 4) is 17.4 Å². The molecule has 190 valence electrons. The van der Waals surface area contributed by atoms with E-state index in [1.54, 1.807) is 65.0 Å². The SMILES string of the molecule is COc1ccc(C(=O)c2ccc(OCCc3ccccc3)nc2)c(OC(C)(C)C(=O)OC(C)(C)C)c1. The molecule has 7 nitrogen and oxygen atoms in total. The van der Waals surface area contributed by atoms with Gasteiger partial charge in [-0.15, -0.1) is 0 Å². The number of benzene rings is 2. The highest BCUT2D eigenvalue weighted by Gasteiger charge is 2.36. The molecular formula is C29H33NO6. The van der Waals surface area contributed by atoms with Crippen LogP contribution in [0.25, 0.3) is 0 Å². The molecule has 0 atom stereocenters. The minimum Gasteiger partial charge on any atom is -0.497 e. The van der Waals surface area contributed by atoms with E-state index in [9.17, 15) is 9.59 Å². The Morgan fingerprint density at radius 2 is 1.64 bits per heavy atom. The van der Waals surface area contributed by atoms with E-state index in [0.29, 0.717) is 23.8 Å². The Kier molecular flexibility index (Phi) is 8.35. The van der Waals surface area contributed by atoms with Crippen LogP contribution in [0.4, 0.5) is 0 Å². The third-order valence-electron chi connectivity index (χ3n) is 5.17. The lowest BCUT2D eigenvalue weighted by atomic mass is 10.0. The van der Waals surface area contributed by atoms with Gasteiger partial charge in [0.15, 0.2) is 11.4 Å². The van der Waals surface area contributed by atoms with Crippen LogP contribution in [-0.2, 0) is 16.0 Å². The number of carbonyl (C=O) groups excluding carboxylic acids is 2. The van der Waals surface area contributed by atoms with Crippen LogP contribution in [0.5, 0.6) is 17.4 Å². The van der Waals surface area contributed by atoms with Crippen LogP contribution in [0.3, 0.4) is 0 Å². The summed E-state index contributed by atoms with van der Waals surface area (Å²) < 4.78 is 22.5. The molecule has 0 amide bonds. The number of aromatic nitrogens is 1. The standard InChI is InChI=1S/C29H33NO6/c1-28(2,3)36-27(32)29(4,5)35-24-18-22(33-6)13-14-23(24)26(31)21-12-15-25(30-19-21)34-17-16-20-10-8-7-9-11-20/h7-15,18-19H,16-17H2,1-6H3. The molecule has 0 saturated heterocycles. The topological polar surface area (TPSA) is 84.0 Å². The molecule has 0 aliphatic carbocycles. The second-order valence-corrected chi connectivity index (χ2v) is 9.77. The van der Waals surface area contributed by atoms with E-state index in [2.05, 4.69) is 4.98 Å². The molecule has 0 fully saturated rings. The van der Waals surface area contributed by atoms with Gasteiger partial charge in [-0.05, 0) is 58.4 Å². The zero-order valence-electron chi connectivity index (χ0n) is 21.7. The summed E-state index contributed by atoms with van der Waals surface area (Å²) in [5, 5.41) is 0. The third kappa shape index (κ3) is 7.31. The molecule has 0 saturated carbocycles. The predicted molar refractivity (Wildman–Crippen MR) is 137 cm³/mol. The number of ether oxygens (including phenoxy) is 4. The van der Waals surface area contributed by atoms with Crippen LogP contribution in [0, 0.1) is 0 Å². The van der Waals surface area contributed by atoms with E-state index >= 15 is 0 Å². The van der Waals surface area contributed by atoms with Gasteiger partial charge in [0.25, 0.3) is 0 Å². The smallest absolute Gasteiger partial charge is 0.350 e. The van der Waals surface area contributed by atoms with Crippen LogP contribution < -0.4 is 14.2 Å². The molecule has 7 heteroatoms. The van der Waals surface area contributed by atoms with Crippen LogP contribution >= 0.6 is 0 Å². The number of rotatable bonds is 10. The number of methoxy groups -OCH3 is 1. The molecule has 0 aliphatic rings. The summed E-state index contributed by atoms with van der Waals surface area (Å²) in [6.45, 7) is 9.01. The molecule has 0 radical (unpaired) electrons. The number of esters is 1. The van der Waals surface area contributed by atoms with Crippen LogP contribution in [0.1, 0.15) is 56.1 Å². The Bertz CT molecular complexity index is 1180. The minimum atomic E-state index is -1.34. The average Bonchev–Trinajstić information content (AvgIpc) is 2.83. The van der Waals surface area contributed by atoms with E-state index in [1.807, 2.05) is 30.3 Å². The van der Waals surface area contributed by atoms with Gasteiger partial charge in [0.05, 0.1) is 19.3 Å². The zero-order chi connectivity index (χ0) is 26.3. The monoisotopic (exact) mass is 491 g/mol. The highest BCUT2D eigenvalue weighted by Crippen LogP contribution is 2.31. The maximum atomic E-state index is 13.3. The van der Waals surface area contributed by atoms with Crippen molar-refractivity contribution in [2.24, 2.45) is 0 Å². The van der Waals surface area contributed by atoms with E-state index in [0.717, 1.165) is 6.42 Å². The number of carbonyl (C=O) groups is 2. The fraction of sp³-hybridized carbons (Fsp3) is 0.345. The Morgan fingerprint density at radius 1 is 0.917 bits per heavy atom. The van der Waals surface area contributed by atoms with Crippen molar-refractivity contribution in [1.29, 1.82) is 0 Å². The maximum absolute atomic E-state index is 13.3. The van der Waals surface area contributed by atoms with Crippen molar-refractivity contribution >= 4 is 11.8 Å². The van der Waals surface area contributed by atoms with Crippen molar-refractivity contribution in [2.75, 3.05) is 13.7 Å². The summed E-state index contributed by atoms with van der Waals surface area (Å²) in [5.41, 5.74) is -0.224.